The first-order chi connectivity index (χ1) is 15.8. The molecule has 2 N–H and O–H groups in total. The highest BCUT2D eigenvalue weighted by Gasteiger charge is 2.19. The summed E-state index contributed by atoms with van der Waals surface area (Å²) in [6.07, 6.45) is 11.2. The van der Waals surface area contributed by atoms with Gasteiger partial charge in [-0.05, 0) is 49.8 Å². The van der Waals surface area contributed by atoms with Gasteiger partial charge in [-0.25, -0.2) is 15.0 Å². The maximum atomic E-state index is 6.30. The monoisotopic (exact) mass is 447 g/mol. The fourth-order valence-electron chi connectivity index (χ4n) is 3.61. The molecule has 3 aromatic heterocycles. The molecular weight excluding hydrogens is 418 g/mol. The van der Waals surface area contributed by atoms with E-state index in [2.05, 4.69) is 52.9 Å². The number of aromatic nitrogens is 4. The van der Waals surface area contributed by atoms with Crippen molar-refractivity contribution in [2.24, 2.45) is 0 Å². The van der Waals surface area contributed by atoms with Crippen molar-refractivity contribution in [2.45, 2.75) is 50.7 Å². The number of nitrogens with two attached hydrogens (primary N) is 1. The third-order valence-corrected chi connectivity index (χ3v) is 6.11. The van der Waals surface area contributed by atoms with Crippen LogP contribution in [-0.4, -0.2) is 25.3 Å². The average molecular weight is 448 g/mol. The van der Waals surface area contributed by atoms with Crippen molar-refractivity contribution < 1.29 is 4.42 Å². The highest BCUT2D eigenvalue weighted by atomic mass is 32.2. The lowest BCUT2D eigenvalue weighted by molar-refractivity contribution is 0.566. The molecule has 32 heavy (non-hydrogen) atoms. The summed E-state index contributed by atoms with van der Waals surface area (Å²) in [5.74, 6) is 2.80. The molecule has 0 saturated heterocycles. The summed E-state index contributed by atoms with van der Waals surface area (Å²) >= 11 is 1.64. The highest BCUT2D eigenvalue weighted by Crippen LogP contribution is 2.29. The summed E-state index contributed by atoms with van der Waals surface area (Å²) in [4.78, 5) is 14.1. The zero-order chi connectivity index (χ0) is 22.2. The van der Waals surface area contributed by atoms with Crippen LogP contribution in [0, 0.1) is 0 Å². The summed E-state index contributed by atoms with van der Waals surface area (Å²) in [5.41, 5.74) is 9.06. The molecule has 0 aliphatic carbocycles. The Morgan fingerprint density at radius 1 is 1.03 bits per heavy atom. The molecule has 0 radical (unpaired) electrons. The van der Waals surface area contributed by atoms with Crippen LogP contribution in [0.5, 0.6) is 0 Å². The topological polar surface area (TPSA) is 82.8 Å². The smallest absolute Gasteiger partial charge is 0.191 e. The van der Waals surface area contributed by atoms with Gasteiger partial charge in [0.25, 0.3) is 0 Å². The second kappa shape index (κ2) is 11.0. The molecule has 0 bridgehead atoms. The van der Waals surface area contributed by atoms with Crippen LogP contribution in [0.3, 0.4) is 0 Å². The Balaban J connectivity index is 1.53. The zero-order valence-corrected chi connectivity index (χ0v) is 19.2. The molecule has 0 fully saturated rings. The van der Waals surface area contributed by atoms with E-state index in [0.29, 0.717) is 22.3 Å². The number of nitrogens with zero attached hydrogens (tertiary/aromatic N) is 4. The van der Waals surface area contributed by atoms with E-state index >= 15 is 0 Å². The van der Waals surface area contributed by atoms with E-state index in [1.54, 1.807) is 18.0 Å². The Morgan fingerprint density at radius 2 is 1.91 bits per heavy atom. The minimum Gasteiger partial charge on any atom is -0.461 e. The van der Waals surface area contributed by atoms with Gasteiger partial charge in [0.2, 0.25) is 0 Å². The Kier molecular flexibility index (Phi) is 7.61. The summed E-state index contributed by atoms with van der Waals surface area (Å²) in [6, 6.07) is 14.3. The van der Waals surface area contributed by atoms with Crippen LogP contribution < -0.4 is 5.73 Å². The SMILES string of the molecule is CCC=CCCCn1c(-c2ccco2)nc2c(N)nc(SCCCc3ccccc3)nc21. The van der Waals surface area contributed by atoms with Crippen molar-refractivity contribution in [3.8, 4) is 11.6 Å². The van der Waals surface area contributed by atoms with Crippen LogP contribution in [0.25, 0.3) is 22.7 Å². The number of unbranched alkanes of at least 4 members (excludes halogenated alkanes) is 1. The van der Waals surface area contributed by atoms with E-state index < -0.39 is 0 Å². The first-order valence-electron chi connectivity index (χ1n) is 11.2. The molecular formula is C25H29N5OS. The average Bonchev–Trinajstić information content (AvgIpc) is 3.46. The van der Waals surface area contributed by atoms with Crippen molar-refractivity contribution in [3.05, 3.63) is 66.4 Å². The van der Waals surface area contributed by atoms with Gasteiger partial charge in [-0.15, -0.1) is 0 Å². The van der Waals surface area contributed by atoms with Crippen LogP contribution in [-0.2, 0) is 13.0 Å². The Labute approximate surface area is 193 Å². The van der Waals surface area contributed by atoms with Crippen molar-refractivity contribution >= 4 is 28.7 Å². The van der Waals surface area contributed by atoms with Gasteiger partial charge in [0.1, 0.15) is 0 Å². The highest BCUT2D eigenvalue weighted by molar-refractivity contribution is 7.99. The summed E-state index contributed by atoms with van der Waals surface area (Å²) in [5, 5.41) is 0.695. The van der Waals surface area contributed by atoms with Gasteiger partial charge in [-0.1, -0.05) is 61.2 Å². The minimum absolute atomic E-state index is 0.415. The molecule has 7 heteroatoms. The lowest BCUT2D eigenvalue weighted by atomic mass is 10.1. The molecule has 1 aromatic carbocycles. The number of fused-ring (bicyclic) bond motifs is 1. The van der Waals surface area contributed by atoms with Gasteiger partial charge in [0.15, 0.2) is 33.7 Å². The van der Waals surface area contributed by atoms with Crippen LogP contribution in [0.1, 0.15) is 38.2 Å². The second-order valence-corrected chi connectivity index (χ2v) is 8.65. The lowest BCUT2D eigenvalue weighted by Crippen LogP contribution is -2.03. The first-order valence-corrected chi connectivity index (χ1v) is 12.1. The molecule has 0 unspecified atom stereocenters. The zero-order valence-electron chi connectivity index (χ0n) is 18.4. The summed E-state index contributed by atoms with van der Waals surface area (Å²) in [6.45, 7) is 2.93. The van der Waals surface area contributed by atoms with Gasteiger partial charge in [0, 0.05) is 12.3 Å². The number of aryl methyl sites for hydroxylation is 2. The number of rotatable bonds is 11. The molecule has 166 valence electrons. The summed E-state index contributed by atoms with van der Waals surface area (Å²) in [7, 11) is 0. The van der Waals surface area contributed by atoms with Gasteiger partial charge in [0.05, 0.1) is 6.26 Å². The number of furan rings is 1. The van der Waals surface area contributed by atoms with Crippen molar-refractivity contribution in [1.82, 2.24) is 19.5 Å². The maximum absolute atomic E-state index is 6.30. The number of anilines is 1. The molecule has 0 aliphatic heterocycles. The van der Waals surface area contributed by atoms with E-state index in [1.165, 1.54) is 5.56 Å². The van der Waals surface area contributed by atoms with E-state index in [0.717, 1.165) is 55.9 Å². The molecule has 0 spiro atoms. The Bertz CT molecular complexity index is 1150. The van der Waals surface area contributed by atoms with Crippen molar-refractivity contribution in [2.75, 3.05) is 11.5 Å². The fourth-order valence-corrected chi connectivity index (χ4v) is 4.39. The van der Waals surface area contributed by atoms with Crippen LogP contribution >= 0.6 is 11.8 Å². The maximum Gasteiger partial charge on any atom is 0.191 e. The van der Waals surface area contributed by atoms with E-state index in [-0.39, 0.29) is 0 Å². The van der Waals surface area contributed by atoms with Crippen LogP contribution in [0.2, 0.25) is 0 Å². The number of nitrogen functional groups attached to an aromatic ring is 1. The van der Waals surface area contributed by atoms with E-state index in [1.807, 2.05) is 18.2 Å². The lowest BCUT2D eigenvalue weighted by Gasteiger charge is -2.07. The molecule has 4 aromatic rings. The number of allylic oxidation sites excluding steroid dienone is 2. The van der Waals surface area contributed by atoms with Crippen LogP contribution in [0.15, 0.2) is 70.5 Å². The second-order valence-electron chi connectivity index (χ2n) is 7.59. The largest absolute Gasteiger partial charge is 0.461 e. The minimum atomic E-state index is 0.415. The molecule has 0 aliphatic rings. The summed E-state index contributed by atoms with van der Waals surface area (Å²) < 4.78 is 7.75. The molecule has 3 heterocycles. The van der Waals surface area contributed by atoms with Gasteiger partial charge >= 0.3 is 0 Å². The quantitative estimate of drug-likeness (QED) is 0.129. The first kappa shape index (κ1) is 22.1. The molecule has 4 rings (SSSR count). The van der Waals surface area contributed by atoms with Crippen molar-refractivity contribution in [1.29, 1.82) is 0 Å². The predicted octanol–water partition coefficient (Wildman–Crippen LogP) is 6.14. The van der Waals surface area contributed by atoms with E-state index in [9.17, 15) is 0 Å². The number of thioether (sulfide) groups is 1. The molecule has 0 saturated carbocycles. The third kappa shape index (κ3) is 5.40. The molecule has 0 amide bonds. The molecule has 0 atom stereocenters. The fraction of sp³-hybridized carbons (Fsp3) is 0.320. The normalized spacial score (nSPS) is 11.7. The third-order valence-electron chi connectivity index (χ3n) is 5.18. The predicted molar refractivity (Wildman–Crippen MR) is 132 cm³/mol. The number of hydrogen-bond acceptors (Lipinski definition) is 6. The number of imidazole rings is 1. The number of hydrogen-bond donors (Lipinski definition) is 1. The molecule has 6 nitrogen and oxygen atoms in total. The Morgan fingerprint density at radius 3 is 2.69 bits per heavy atom. The Hall–Kier alpha value is -3.06. The number of benzene rings is 1. The van der Waals surface area contributed by atoms with Gasteiger partial charge in [-0.2, -0.15) is 0 Å². The van der Waals surface area contributed by atoms with Gasteiger partial charge in [-0.3, -0.25) is 0 Å². The van der Waals surface area contributed by atoms with Gasteiger partial charge < -0.3 is 14.7 Å². The van der Waals surface area contributed by atoms with E-state index in [4.69, 9.17) is 20.1 Å². The van der Waals surface area contributed by atoms with Crippen molar-refractivity contribution in [3.63, 3.8) is 0 Å². The standard InChI is InChI=1S/C25H29N5OS/c1-2-3-4-5-9-16-30-23(20-15-10-17-31-20)27-21-22(26)28-25(29-24(21)30)32-18-11-14-19-12-7-6-8-13-19/h3-4,6-8,10,12-13,15,17H,2,5,9,11,14,16,18H2,1H3,(H2,26,28,29). The van der Waals surface area contributed by atoms with Crippen LogP contribution in [0.4, 0.5) is 5.82 Å².